The van der Waals surface area contributed by atoms with Gasteiger partial charge in [0.1, 0.15) is 5.54 Å². The third-order valence-corrected chi connectivity index (χ3v) is 5.72. The van der Waals surface area contributed by atoms with Gasteiger partial charge in [-0.25, -0.2) is 4.79 Å². The van der Waals surface area contributed by atoms with Crippen LogP contribution in [0.2, 0.25) is 0 Å². The van der Waals surface area contributed by atoms with E-state index < -0.39 is 5.54 Å². The second-order valence-corrected chi connectivity index (χ2v) is 7.88. The molecule has 2 aromatic rings. The van der Waals surface area contributed by atoms with Crippen molar-refractivity contribution >= 4 is 17.8 Å². The van der Waals surface area contributed by atoms with Crippen LogP contribution >= 0.6 is 0 Å². The predicted molar refractivity (Wildman–Crippen MR) is 111 cm³/mol. The van der Waals surface area contributed by atoms with Gasteiger partial charge < -0.3 is 15.4 Å². The molecule has 0 unspecified atom stereocenters. The summed E-state index contributed by atoms with van der Waals surface area (Å²) in [6.45, 7) is 3.58. The minimum Gasteiger partial charge on any atom is -0.381 e. The number of benzene rings is 2. The highest BCUT2D eigenvalue weighted by molar-refractivity contribution is 6.07. The number of urea groups is 1. The lowest BCUT2D eigenvalue weighted by Gasteiger charge is -2.30. The molecule has 2 fully saturated rings. The fourth-order valence-electron chi connectivity index (χ4n) is 3.81. The van der Waals surface area contributed by atoms with Crippen LogP contribution in [-0.4, -0.2) is 41.5 Å². The molecule has 2 aromatic carbocycles. The van der Waals surface area contributed by atoms with Gasteiger partial charge in [0.05, 0.1) is 6.54 Å². The Kier molecular flexibility index (Phi) is 5.55. The monoisotopic (exact) mass is 407 g/mol. The van der Waals surface area contributed by atoms with E-state index in [4.69, 9.17) is 4.74 Å². The molecule has 4 rings (SSSR count). The van der Waals surface area contributed by atoms with Crippen molar-refractivity contribution in [2.24, 2.45) is 0 Å². The first-order valence-corrected chi connectivity index (χ1v) is 10.1. The van der Waals surface area contributed by atoms with E-state index in [9.17, 15) is 14.4 Å². The summed E-state index contributed by atoms with van der Waals surface area (Å²) in [4.78, 5) is 38.8. The zero-order valence-electron chi connectivity index (χ0n) is 16.9. The molecule has 0 aromatic heterocycles. The second-order valence-electron chi connectivity index (χ2n) is 7.88. The summed E-state index contributed by atoms with van der Waals surface area (Å²) in [5.74, 6) is -0.367. The third kappa shape index (κ3) is 4.07. The topological polar surface area (TPSA) is 87.7 Å². The molecule has 0 aliphatic carbocycles. The Balaban J connectivity index is 1.36. The van der Waals surface area contributed by atoms with Gasteiger partial charge in [-0.15, -0.1) is 0 Å². The first kappa shape index (κ1) is 20.1. The van der Waals surface area contributed by atoms with Gasteiger partial charge in [-0.2, -0.15) is 0 Å². The maximum Gasteiger partial charge on any atom is 0.325 e. The molecule has 0 atom stereocenters. The first-order chi connectivity index (χ1) is 14.5. The zero-order chi connectivity index (χ0) is 21.1. The molecule has 2 aliphatic rings. The van der Waals surface area contributed by atoms with Gasteiger partial charge in [-0.1, -0.05) is 42.0 Å². The van der Waals surface area contributed by atoms with Crippen molar-refractivity contribution in [1.82, 2.24) is 15.5 Å². The summed E-state index contributed by atoms with van der Waals surface area (Å²) in [5, 5.41) is 5.75. The standard InChI is InChI=1S/C23H25N3O4/c1-16-2-4-17(5-3-16)14-24-20(27)19-8-6-18(7-9-19)15-26-21(28)23(25-22(26)29)10-12-30-13-11-23/h2-9H,10-15H2,1H3,(H,24,27)(H,25,29). The van der Waals surface area contributed by atoms with Crippen LogP contribution in [0.3, 0.4) is 0 Å². The van der Waals surface area contributed by atoms with Crippen molar-refractivity contribution in [2.45, 2.75) is 38.4 Å². The van der Waals surface area contributed by atoms with Gasteiger partial charge in [0.2, 0.25) is 0 Å². The number of hydrogen-bond donors (Lipinski definition) is 2. The van der Waals surface area contributed by atoms with Gasteiger partial charge in [0.25, 0.3) is 11.8 Å². The van der Waals surface area contributed by atoms with Gasteiger partial charge in [-0.05, 0) is 30.2 Å². The third-order valence-electron chi connectivity index (χ3n) is 5.72. The van der Waals surface area contributed by atoms with Crippen LogP contribution in [-0.2, 0) is 22.6 Å². The van der Waals surface area contributed by atoms with E-state index >= 15 is 0 Å². The molecular weight excluding hydrogens is 382 g/mol. The van der Waals surface area contributed by atoms with Crippen molar-refractivity contribution in [3.05, 3.63) is 70.8 Å². The molecule has 0 radical (unpaired) electrons. The van der Waals surface area contributed by atoms with Crippen LogP contribution in [0, 0.1) is 6.92 Å². The first-order valence-electron chi connectivity index (χ1n) is 10.1. The van der Waals surface area contributed by atoms with Gasteiger partial charge in [0.15, 0.2) is 0 Å². The normalized spacial score (nSPS) is 17.8. The van der Waals surface area contributed by atoms with E-state index in [1.807, 2.05) is 31.2 Å². The highest BCUT2D eigenvalue weighted by Gasteiger charge is 2.51. The van der Waals surface area contributed by atoms with Crippen LogP contribution in [0.25, 0.3) is 0 Å². The highest BCUT2D eigenvalue weighted by atomic mass is 16.5. The lowest BCUT2D eigenvalue weighted by atomic mass is 9.90. The molecule has 7 nitrogen and oxygen atoms in total. The number of ether oxygens (including phenoxy) is 1. The summed E-state index contributed by atoms with van der Waals surface area (Å²) in [5.41, 5.74) is 2.70. The summed E-state index contributed by atoms with van der Waals surface area (Å²) in [6, 6.07) is 14.6. The molecule has 1 spiro atoms. The minimum atomic E-state index is -0.828. The van der Waals surface area contributed by atoms with Crippen molar-refractivity contribution in [1.29, 1.82) is 0 Å². The van der Waals surface area contributed by atoms with E-state index in [0.717, 1.165) is 11.1 Å². The summed E-state index contributed by atoms with van der Waals surface area (Å²) in [7, 11) is 0. The fraction of sp³-hybridized carbons (Fsp3) is 0.348. The number of nitrogens with one attached hydrogen (secondary N) is 2. The lowest BCUT2D eigenvalue weighted by molar-refractivity contribution is -0.134. The fourth-order valence-corrected chi connectivity index (χ4v) is 3.81. The van der Waals surface area contributed by atoms with Crippen molar-refractivity contribution in [2.75, 3.05) is 13.2 Å². The molecule has 4 amide bonds. The van der Waals surface area contributed by atoms with Gasteiger partial charge in [-0.3, -0.25) is 14.5 Å². The zero-order valence-corrected chi connectivity index (χ0v) is 16.9. The summed E-state index contributed by atoms with van der Waals surface area (Å²) in [6.07, 6.45) is 0.988. The molecule has 7 heteroatoms. The maximum atomic E-state index is 12.8. The Morgan fingerprint density at radius 1 is 1.03 bits per heavy atom. The molecule has 2 N–H and O–H groups in total. The predicted octanol–water partition coefficient (Wildman–Crippen LogP) is 2.53. The number of nitrogens with zero attached hydrogens (tertiary/aromatic N) is 1. The van der Waals surface area contributed by atoms with E-state index in [1.54, 1.807) is 24.3 Å². The Morgan fingerprint density at radius 2 is 1.67 bits per heavy atom. The van der Waals surface area contributed by atoms with Crippen molar-refractivity contribution < 1.29 is 19.1 Å². The average molecular weight is 407 g/mol. The lowest BCUT2D eigenvalue weighted by Crippen LogP contribution is -2.51. The molecule has 2 saturated heterocycles. The van der Waals surface area contributed by atoms with E-state index in [0.29, 0.717) is 38.2 Å². The summed E-state index contributed by atoms with van der Waals surface area (Å²) < 4.78 is 5.32. The number of hydrogen-bond acceptors (Lipinski definition) is 4. The minimum absolute atomic E-state index is 0.168. The molecule has 156 valence electrons. The Bertz CT molecular complexity index is 947. The number of amides is 4. The van der Waals surface area contributed by atoms with Crippen LogP contribution in [0.4, 0.5) is 4.79 Å². The number of rotatable bonds is 5. The van der Waals surface area contributed by atoms with Crippen molar-refractivity contribution in [3.63, 3.8) is 0 Å². The quantitative estimate of drug-likeness (QED) is 0.746. The molecular formula is C23H25N3O4. The van der Waals surface area contributed by atoms with Crippen LogP contribution < -0.4 is 10.6 Å². The van der Waals surface area contributed by atoms with Gasteiger partial charge in [0, 0.05) is 38.2 Å². The Hall–Kier alpha value is -3.19. The molecule has 2 heterocycles. The van der Waals surface area contributed by atoms with Gasteiger partial charge >= 0.3 is 6.03 Å². The Labute approximate surface area is 175 Å². The molecule has 30 heavy (non-hydrogen) atoms. The SMILES string of the molecule is Cc1ccc(CNC(=O)c2ccc(CN3C(=O)NC4(CCOCC4)C3=O)cc2)cc1. The highest BCUT2D eigenvalue weighted by Crippen LogP contribution is 2.29. The largest absolute Gasteiger partial charge is 0.381 e. The molecule has 2 aliphatic heterocycles. The smallest absolute Gasteiger partial charge is 0.325 e. The number of carbonyl (C=O) groups is 3. The molecule has 0 saturated carbocycles. The van der Waals surface area contributed by atoms with E-state index in [2.05, 4.69) is 10.6 Å². The summed E-state index contributed by atoms with van der Waals surface area (Å²) >= 11 is 0. The van der Waals surface area contributed by atoms with Crippen LogP contribution in [0.5, 0.6) is 0 Å². The van der Waals surface area contributed by atoms with Crippen molar-refractivity contribution in [3.8, 4) is 0 Å². The van der Waals surface area contributed by atoms with E-state index in [1.165, 1.54) is 10.5 Å². The number of imide groups is 1. The maximum absolute atomic E-state index is 12.8. The second kappa shape index (κ2) is 8.28. The number of aryl methyl sites for hydroxylation is 1. The number of carbonyl (C=O) groups excluding carboxylic acids is 3. The average Bonchev–Trinajstić information content (AvgIpc) is 2.98. The van der Waals surface area contributed by atoms with Crippen LogP contribution in [0.1, 0.15) is 39.9 Å². The Morgan fingerprint density at radius 3 is 2.33 bits per heavy atom. The molecule has 0 bridgehead atoms. The van der Waals surface area contributed by atoms with Crippen LogP contribution in [0.15, 0.2) is 48.5 Å². The van der Waals surface area contributed by atoms with E-state index in [-0.39, 0.29) is 24.4 Å².